The maximum Gasteiger partial charge on any atom is 0.270 e. The van der Waals surface area contributed by atoms with E-state index in [4.69, 9.17) is 9.47 Å². The Labute approximate surface area is 199 Å². The molecule has 10 nitrogen and oxygen atoms in total. The first kappa shape index (κ1) is 24.4. The van der Waals surface area contributed by atoms with Gasteiger partial charge >= 0.3 is 0 Å². The molecule has 0 spiro atoms. The Morgan fingerprint density at radius 2 is 1.74 bits per heavy atom. The Kier molecular flexibility index (Phi) is 7.36. The summed E-state index contributed by atoms with van der Waals surface area (Å²) in [6, 6.07) is 10.2. The smallest absolute Gasteiger partial charge is 0.270 e. The number of nitro benzene ring substituents is 1. The predicted molar refractivity (Wildman–Crippen MR) is 128 cm³/mol. The van der Waals surface area contributed by atoms with E-state index in [1.807, 2.05) is 24.0 Å². The number of anilines is 1. The Hall–Kier alpha value is -2.73. The van der Waals surface area contributed by atoms with Gasteiger partial charge in [0.25, 0.3) is 5.69 Å². The zero-order valence-corrected chi connectivity index (χ0v) is 20.3. The third-order valence-electron chi connectivity index (χ3n) is 6.28. The molecule has 34 heavy (non-hydrogen) atoms. The normalized spacial score (nSPS) is 18.1. The van der Waals surface area contributed by atoms with E-state index >= 15 is 0 Å². The van der Waals surface area contributed by atoms with Gasteiger partial charge in [0.1, 0.15) is 10.6 Å². The number of methoxy groups -OCH3 is 1. The summed E-state index contributed by atoms with van der Waals surface area (Å²) >= 11 is 0. The number of non-ortho nitro benzene ring substituents is 1. The minimum absolute atomic E-state index is 0.0163. The van der Waals surface area contributed by atoms with Gasteiger partial charge in [0.05, 0.1) is 30.9 Å². The SMILES string of the molecule is COc1ccc(C)cc1CN1CCN(c2ccc([N+](=O)[O-])cc2S(=O)(=O)N2CCOCC2)CC1. The van der Waals surface area contributed by atoms with Crippen molar-refractivity contribution in [1.82, 2.24) is 9.21 Å². The maximum atomic E-state index is 13.4. The fraction of sp³-hybridized carbons (Fsp3) is 0.478. The van der Waals surface area contributed by atoms with Gasteiger partial charge in [-0.3, -0.25) is 15.0 Å². The molecule has 0 atom stereocenters. The highest BCUT2D eigenvalue weighted by Gasteiger charge is 2.32. The average molecular weight is 491 g/mol. The predicted octanol–water partition coefficient (Wildman–Crippen LogP) is 2.25. The van der Waals surface area contributed by atoms with E-state index in [2.05, 4.69) is 11.0 Å². The highest BCUT2D eigenvalue weighted by atomic mass is 32.2. The zero-order chi connectivity index (χ0) is 24.3. The average Bonchev–Trinajstić information content (AvgIpc) is 2.85. The summed E-state index contributed by atoms with van der Waals surface area (Å²) in [5.41, 5.74) is 2.55. The number of morpholine rings is 1. The summed E-state index contributed by atoms with van der Waals surface area (Å²) in [5, 5.41) is 11.4. The zero-order valence-electron chi connectivity index (χ0n) is 19.5. The Bertz CT molecular complexity index is 1140. The summed E-state index contributed by atoms with van der Waals surface area (Å²) < 4.78 is 39.0. The third kappa shape index (κ3) is 5.17. The van der Waals surface area contributed by atoms with E-state index in [-0.39, 0.29) is 23.7 Å². The van der Waals surface area contributed by atoms with Crippen molar-refractivity contribution in [2.24, 2.45) is 0 Å². The fourth-order valence-corrected chi connectivity index (χ4v) is 6.07. The van der Waals surface area contributed by atoms with Crippen molar-refractivity contribution >= 4 is 21.4 Å². The number of aryl methyl sites for hydroxylation is 1. The monoisotopic (exact) mass is 490 g/mol. The lowest BCUT2D eigenvalue weighted by Crippen LogP contribution is -2.47. The molecule has 0 radical (unpaired) electrons. The maximum absolute atomic E-state index is 13.4. The van der Waals surface area contributed by atoms with Crippen molar-refractivity contribution in [3.63, 3.8) is 0 Å². The van der Waals surface area contributed by atoms with Gasteiger partial charge in [0, 0.05) is 63.5 Å². The highest BCUT2D eigenvalue weighted by molar-refractivity contribution is 7.89. The standard InChI is InChI=1S/C23H30N4O6S/c1-18-3-6-22(32-2)19(15-18)17-24-7-9-25(10-8-24)21-5-4-20(27(28)29)16-23(21)34(30,31)26-11-13-33-14-12-26/h3-6,15-16H,7-14,17H2,1-2H3. The number of piperazine rings is 1. The molecule has 2 fully saturated rings. The Morgan fingerprint density at radius 3 is 2.38 bits per heavy atom. The second-order valence-electron chi connectivity index (χ2n) is 8.50. The number of nitro groups is 1. The minimum Gasteiger partial charge on any atom is -0.496 e. The lowest BCUT2D eigenvalue weighted by Gasteiger charge is -2.37. The van der Waals surface area contributed by atoms with Crippen LogP contribution in [0.4, 0.5) is 11.4 Å². The van der Waals surface area contributed by atoms with Crippen LogP contribution in [0.3, 0.4) is 0 Å². The fourth-order valence-electron chi connectivity index (χ4n) is 4.43. The molecule has 2 aliphatic rings. The molecule has 2 heterocycles. The van der Waals surface area contributed by atoms with Crippen LogP contribution in [0.5, 0.6) is 5.75 Å². The quantitative estimate of drug-likeness (QED) is 0.430. The summed E-state index contributed by atoms with van der Waals surface area (Å²) in [6.07, 6.45) is 0. The van der Waals surface area contributed by atoms with E-state index < -0.39 is 14.9 Å². The number of nitrogens with zero attached hydrogens (tertiary/aromatic N) is 4. The molecule has 2 aromatic carbocycles. The number of ether oxygens (including phenoxy) is 2. The van der Waals surface area contributed by atoms with Crippen molar-refractivity contribution in [1.29, 1.82) is 0 Å². The lowest BCUT2D eigenvalue weighted by atomic mass is 10.1. The molecule has 2 aromatic rings. The van der Waals surface area contributed by atoms with Crippen molar-refractivity contribution < 1.29 is 22.8 Å². The van der Waals surface area contributed by atoms with Crippen LogP contribution >= 0.6 is 0 Å². The van der Waals surface area contributed by atoms with Crippen LogP contribution in [0.2, 0.25) is 0 Å². The number of sulfonamides is 1. The van der Waals surface area contributed by atoms with Crippen LogP contribution in [0.15, 0.2) is 41.3 Å². The first-order valence-corrected chi connectivity index (χ1v) is 12.7. The second-order valence-corrected chi connectivity index (χ2v) is 10.4. The Morgan fingerprint density at radius 1 is 1.03 bits per heavy atom. The first-order valence-electron chi connectivity index (χ1n) is 11.3. The molecule has 0 saturated carbocycles. The van der Waals surface area contributed by atoms with Crippen LogP contribution < -0.4 is 9.64 Å². The van der Waals surface area contributed by atoms with Gasteiger partial charge in [-0.1, -0.05) is 17.7 Å². The van der Waals surface area contributed by atoms with Crippen molar-refractivity contribution in [3.8, 4) is 5.75 Å². The molecule has 2 saturated heterocycles. The highest BCUT2D eigenvalue weighted by Crippen LogP contribution is 2.33. The molecule has 11 heteroatoms. The van der Waals surface area contributed by atoms with E-state index in [0.29, 0.717) is 32.0 Å². The van der Waals surface area contributed by atoms with E-state index in [9.17, 15) is 18.5 Å². The van der Waals surface area contributed by atoms with Gasteiger partial charge < -0.3 is 14.4 Å². The molecular weight excluding hydrogens is 460 g/mol. The third-order valence-corrected chi connectivity index (χ3v) is 8.21. The molecule has 0 unspecified atom stereocenters. The van der Waals surface area contributed by atoms with Crippen molar-refractivity contribution in [2.75, 3.05) is 64.5 Å². The van der Waals surface area contributed by atoms with Crippen molar-refractivity contribution in [3.05, 3.63) is 57.6 Å². The Balaban J connectivity index is 1.55. The number of rotatable bonds is 7. The van der Waals surface area contributed by atoms with Crippen LogP contribution in [0.1, 0.15) is 11.1 Å². The number of hydrogen-bond donors (Lipinski definition) is 0. The first-order chi connectivity index (χ1) is 16.3. The van der Waals surface area contributed by atoms with Crippen LogP contribution in [0.25, 0.3) is 0 Å². The van der Waals surface area contributed by atoms with E-state index in [0.717, 1.165) is 30.9 Å². The van der Waals surface area contributed by atoms with Crippen molar-refractivity contribution in [2.45, 2.75) is 18.4 Å². The van der Waals surface area contributed by atoms with Gasteiger partial charge in [0.2, 0.25) is 10.0 Å². The molecule has 0 amide bonds. The molecule has 0 aliphatic carbocycles. The van der Waals surface area contributed by atoms with Crippen LogP contribution in [-0.4, -0.2) is 82.1 Å². The molecule has 0 bridgehead atoms. The number of hydrogen-bond acceptors (Lipinski definition) is 8. The summed E-state index contributed by atoms with van der Waals surface area (Å²) in [7, 11) is -2.23. The largest absolute Gasteiger partial charge is 0.496 e. The van der Waals surface area contributed by atoms with Crippen LogP contribution in [-0.2, 0) is 21.3 Å². The summed E-state index contributed by atoms with van der Waals surface area (Å²) in [5.74, 6) is 0.849. The minimum atomic E-state index is -3.90. The molecule has 184 valence electrons. The van der Waals surface area contributed by atoms with Crippen LogP contribution in [0, 0.1) is 17.0 Å². The van der Waals surface area contributed by atoms with Gasteiger partial charge in [-0.25, -0.2) is 8.42 Å². The molecule has 4 rings (SSSR count). The van der Waals surface area contributed by atoms with Gasteiger partial charge in [-0.05, 0) is 19.1 Å². The van der Waals surface area contributed by atoms with E-state index in [1.54, 1.807) is 13.2 Å². The molecule has 0 aromatic heterocycles. The molecule has 2 aliphatic heterocycles. The molecule has 0 N–H and O–H groups in total. The van der Waals surface area contributed by atoms with Gasteiger partial charge in [-0.15, -0.1) is 0 Å². The van der Waals surface area contributed by atoms with E-state index in [1.165, 1.54) is 22.0 Å². The molecular formula is C23H30N4O6S. The summed E-state index contributed by atoms with van der Waals surface area (Å²) in [6.45, 7) is 6.54. The van der Waals surface area contributed by atoms with Gasteiger partial charge in [0.15, 0.2) is 0 Å². The van der Waals surface area contributed by atoms with Gasteiger partial charge in [-0.2, -0.15) is 4.31 Å². The lowest BCUT2D eigenvalue weighted by molar-refractivity contribution is -0.385. The number of benzene rings is 2. The topological polar surface area (TPSA) is 105 Å². The second kappa shape index (κ2) is 10.3. The summed E-state index contributed by atoms with van der Waals surface area (Å²) in [4.78, 5) is 15.1.